The third kappa shape index (κ3) is 5.18. The third-order valence-corrected chi connectivity index (χ3v) is 5.45. The summed E-state index contributed by atoms with van der Waals surface area (Å²) in [5.74, 6) is -0.562. The zero-order valence-electron chi connectivity index (χ0n) is 17.7. The molecule has 1 fully saturated rings. The summed E-state index contributed by atoms with van der Waals surface area (Å²) in [5, 5.41) is 0. The number of aldehydes is 3. The third-order valence-electron chi connectivity index (χ3n) is 5.45. The van der Waals surface area contributed by atoms with Crippen molar-refractivity contribution < 1.29 is 33.3 Å². The minimum absolute atomic E-state index is 0.270. The van der Waals surface area contributed by atoms with Gasteiger partial charge in [-0.1, -0.05) is 29.8 Å². The molecule has 1 aliphatic heterocycles. The van der Waals surface area contributed by atoms with Gasteiger partial charge in [-0.05, 0) is 37.6 Å². The molecule has 5 atom stereocenters. The summed E-state index contributed by atoms with van der Waals surface area (Å²) >= 11 is 0. The molecular weight excluding hydrogens is 400 g/mol. The first kappa shape index (κ1) is 22.7. The molecule has 164 valence electrons. The lowest BCUT2D eigenvalue weighted by Crippen LogP contribution is -2.54. The highest BCUT2D eigenvalue weighted by Gasteiger charge is 2.46. The molecule has 0 saturated carbocycles. The molecule has 3 rings (SSSR count). The molecule has 2 aromatic carbocycles. The largest absolute Gasteiger partial charge is 0.489 e. The van der Waals surface area contributed by atoms with Crippen LogP contribution in [0.5, 0.6) is 11.5 Å². The van der Waals surface area contributed by atoms with E-state index < -0.39 is 30.3 Å². The predicted octanol–water partition coefficient (Wildman–Crippen LogP) is 3.16. The molecule has 2 aromatic rings. The van der Waals surface area contributed by atoms with Crippen LogP contribution in [0.2, 0.25) is 0 Å². The number of benzene rings is 2. The molecule has 0 bridgehead atoms. The molecule has 0 aliphatic carbocycles. The molecule has 0 amide bonds. The van der Waals surface area contributed by atoms with Crippen molar-refractivity contribution in [1.29, 1.82) is 0 Å². The van der Waals surface area contributed by atoms with Crippen LogP contribution in [0.15, 0.2) is 42.5 Å². The lowest BCUT2D eigenvalue weighted by molar-refractivity contribution is -0.235. The Morgan fingerprint density at radius 2 is 1.71 bits per heavy atom. The van der Waals surface area contributed by atoms with E-state index in [0.29, 0.717) is 31.2 Å². The van der Waals surface area contributed by atoms with Crippen molar-refractivity contribution in [2.45, 2.75) is 39.0 Å². The second kappa shape index (κ2) is 10.3. The number of hydrogen-bond donors (Lipinski definition) is 0. The molecular formula is C24H26O7. The van der Waals surface area contributed by atoms with Crippen molar-refractivity contribution in [3.05, 3.63) is 59.2 Å². The zero-order valence-corrected chi connectivity index (χ0v) is 17.7. The molecule has 5 unspecified atom stereocenters. The van der Waals surface area contributed by atoms with Gasteiger partial charge in [0.1, 0.15) is 36.8 Å². The summed E-state index contributed by atoms with van der Waals surface area (Å²) in [6, 6.07) is 12.9. The summed E-state index contributed by atoms with van der Waals surface area (Å²) in [6.07, 6.45) is -0.242. The summed E-state index contributed by atoms with van der Waals surface area (Å²) < 4.78 is 22.9. The topological polar surface area (TPSA) is 88.1 Å². The van der Waals surface area contributed by atoms with E-state index in [1.54, 1.807) is 25.1 Å². The fourth-order valence-corrected chi connectivity index (χ4v) is 3.62. The van der Waals surface area contributed by atoms with Crippen LogP contribution in [-0.4, -0.2) is 44.5 Å². The van der Waals surface area contributed by atoms with E-state index >= 15 is 0 Å². The van der Waals surface area contributed by atoms with Crippen LogP contribution in [0.4, 0.5) is 0 Å². The maximum Gasteiger partial charge on any atom is 0.227 e. The van der Waals surface area contributed by atoms with Crippen LogP contribution in [0.1, 0.15) is 28.4 Å². The molecule has 0 radical (unpaired) electrons. The van der Waals surface area contributed by atoms with Gasteiger partial charge in [0.2, 0.25) is 6.29 Å². The van der Waals surface area contributed by atoms with Gasteiger partial charge < -0.3 is 28.5 Å². The number of carbonyl (C=O) groups is 3. The van der Waals surface area contributed by atoms with Gasteiger partial charge in [-0.3, -0.25) is 4.79 Å². The number of hydrogen-bond acceptors (Lipinski definition) is 7. The second-order valence-corrected chi connectivity index (χ2v) is 7.55. The van der Waals surface area contributed by atoms with Gasteiger partial charge >= 0.3 is 0 Å². The standard InChI is InChI=1S/C24H26O7/c1-15-4-6-17(7-5-15)14-29-19-8-9-22(18(10-19)11-25)31-24-23(28-3)21(13-27)20(12-26)16(2)30-24/h4-13,16,20-21,23-24H,14H2,1-3H3. The van der Waals surface area contributed by atoms with E-state index in [2.05, 4.69) is 0 Å². The van der Waals surface area contributed by atoms with Crippen molar-refractivity contribution in [3.63, 3.8) is 0 Å². The van der Waals surface area contributed by atoms with Crippen molar-refractivity contribution in [1.82, 2.24) is 0 Å². The maximum absolute atomic E-state index is 11.7. The van der Waals surface area contributed by atoms with E-state index in [0.717, 1.165) is 5.56 Å². The van der Waals surface area contributed by atoms with Gasteiger partial charge in [0.05, 0.1) is 23.5 Å². The van der Waals surface area contributed by atoms with E-state index in [1.165, 1.54) is 12.7 Å². The zero-order chi connectivity index (χ0) is 22.4. The quantitative estimate of drug-likeness (QED) is 0.569. The van der Waals surface area contributed by atoms with E-state index in [4.69, 9.17) is 18.9 Å². The minimum atomic E-state index is -0.954. The van der Waals surface area contributed by atoms with Crippen molar-refractivity contribution in [2.24, 2.45) is 11.8 Å². The number of ether oxygens (including phenoxy) is 4. The number of aryl methyl sites for hydroxylation is 1. The molecule has 1 saturated heterocycles. The van der Waals surface area contributed by atoms with Crippen LogP contribution in [0.3, 0.4) is 0 Å². The molecule has 0 spiro atoms. The lowest BCUT2D eigenvalue weighted by atomic mass is 9.83. The average molecular weight is 426 g/mol. The van der Waals surface area contributed by atoms with Crippen molar-refractivity contribution in [2.75, 3.05) is 7.11 Å². The van der Waals surface area contributed by atoms with Gasteiger partial charge in [-0.2, -0.15) is 0 Å². The number of rotatable bonds is 9. The monoisotopic (exact) mass is 426 g/mol. The summed E-state index contributed by atoms with van der Waals surface area (Å²) in [5.41, 5.74) is 2.45. The average Bonchev–Trinajstić information content (AvgIpc) is 2.78. The summed E-state index contributed by atoms with van der Waals surface area (Å²) in [6.45, 7) is 4.07. The molecule has 0 aromatic heterocycles. The Balaban J connectivity index is 1.74. The van der Waals surface area contributed by atoms with Crippen LogP contribution < -0.4 is 9.47 Å². The normalized spacial score (nSPS) is 25.5. The van der Waals surface area contributed by atoms with Crippen molar-refractivity contribution >= 4 is 18.9 Å². The fourth-order valence-electron chi connectivity index (χ4n) is 3.62. The smallest absolute Gasteiger partial charge is 0.227 e. The van der Waals surface area contributed by atoms with Gasteiger partial charge in [0.25, 0.3) is 0 Å². The Morgan fingerprint density at radius 1 is 1.00 bits per heavy atom. The molecule has 1 heterocycles. The number of methoxy groups -OCH3 is 1. The Morgan fingerprint density at radius 3 is 2.32 bits per heavy atom. The Labute approximate surface area is 181 Å². The number of carbonyl (C=O) groups excluding carboxylic acids is 3. The van der Waals surface area contributed by atoms with E-state index in [9.17, 15) is 14.4 Å². The fraction of sp³-hybridized carbons (Fsp3) is 0.375. The summed E-state index contributed by atoms with van der Waals surface area (Å²) in [4.78, 5) is 34.6. The maximum atomic E-state index is 11.7. The van der Waals surface area contributed by atoms with Gasteiger partial charge in [-0.25, -0.2) is 0 Å². The highest BCUT2D eigenvalue weighted by atomic mass is 16.7. The van der Waals surface area contributed by atoms with Crippen LogP contribution in [0, 0.1) is 18.8 Å². The van der Waals surface area contributed by atoms with Crippen LogP contribution in [0.25, 0.3) is 0 Å². The molecule has 7 heteroatoms. The Bertz CT molecular complexity index is 909. The molecule has 0 N–H and O–H groups in total. The second-order valence-electron chi connectivity index (χ2n) is 7.55. The summed E-state index contributed by atoms with van der Waals surface area (Å²) in [7, 11) is 1.42. The molecule has 31 heavy (non-hydrogen) atoms. The van der Waals surface area contributed by atoms with Gasteiger partial charge in [0, 0.05) is 7.11 Å². The highest BCUT2D eigenvalue weighted by molar-refractivity contribution is 5.80. The van der Waals surface area contributed by atoms with E-state index in [-0.39, 0.29) is 11.3 Å². The van der Waals surface area contributed by atoms with Crippen LogP contribution in [-0.2, 0) is 25.7 Å². The molecule has 1 aliphatic rings. The van der Waals surface area contributed by atoms with E-state index in [1.807, 2.05) is 31.2 Å². The highest BCUT2D eigenvalue weighted by Crippen LogP contribution is 2.33. The Kier molecular flexibility index (Phi) is 7.55. The predicted molar refractivity (Wildman–Crippen MR) is 112 cm³/mol. The SMILES string of the molecule is COC1C(Oc2ccc(OCc3ccc(C)cc3)cc2C=O)OC(C)C(C=O)C1C=O. The lowest BCUT2D eigenvalue weighted by Gasteiger charge is -2.41. The Hall–Kier alpha value is -3.03. The first-order chi connectivity index (χ1) is 15.0. The first-order valence-electron chi connectivity index (χ1n) is 10.0. The van der Waals surface area contributed by atoms with Gasteiger partial charge in [0.15, 0.2) is 6.29 Å². The molecule has 7 nitrogen and oxygen atoms in total. The van der Waals surface area contributed by atoms with Crippen molar-refractivity contribution in [3.8, 4) is 11.5 Å². The van der Waals surface area contributed by atoms with Crippen LogP contribution >= 0.6 is 0 Å². The van der Waals surface area contributed by atoms with Gasteiger partial charge in [-0.15, -0.1) is 0 Å². The first-order valence-corrected chi connectivity index (χ1v) is 10.0. The minimum Gasteiger partial charge on any atom is -0.489 e.